The van der Waals surface area contributed by atoms with E-state index in [1.165, 1.54) is 83.9 Å². The van der Waals surface area contributed by atoms with Gasteiger partial charge in [-0.3, -0.25) is 0 Å². The molecule has 2 aliphatic rings. The molecule has 9 aromatic rings. The van der Waals surface area contributed by atoms with Crippen molar-refractivity contribution in [2.24, 2.45) is 0 Å². The third kappa shape index (κ3) is 6.00. The number of aromatic nitrogens is 1. The van der Waals surface area contributed by atoms with Gasteiger partial charge in [0.2, 0.25) is 0 Å². The molecule has 4 heteroatoms. The summed E-state index contributed by atoms with van der Waals surface area (Å²) in [7, 11) is 2.44. The Bertz CT molecular complexity index is 3290. The van der Waals surface area contributed by atoms with Gasteiger partial charge in [-0.25, -0.2) is 0 Å². The standard InChI is InChI=1S/C58H56BN2O/c1-55(2,3)35-21-19-34(20-22-35)40-29-42(38-15-11-13-17-47(38)60-37-25-23-36(24-26-37)56(4,5)6)53-54-52(40)43-30-44-45(58(9,10)28-27-57(44,7)8)32-48(43)61(54)49-31-41-39-16-12-14-18-50(39)62-51(41)33-46(49)59-53/h11-26,29-33,60H,27-28H2,1-10H3. The van der Waals surface area contributed by atoms with Gasteiger partial charge in [0.05, 0.1) is 5.52 Å². The number of benzene rings is 7. The van der Waals surface area contributed by atoms with Crippen molar-refractivity contribution in [3.63, 3.8) is 0 Å². The molecule has 0 saturated carbocycles. The zero-order valence-electron chi connectivity index (χ0n) is 38.0. The van der Waals surface area contributed by atoms with Crippen LogP contribution in [0.1, 0.15) is 104 Å². The second-order valence-electron chi connectivity index (χ2n) is 21.6. The Morgan fingerprint density at radius 2 is 1.21 bits per heavy atom. The average molecular weight is 808 g/mol. The molecule has 0 amide bonds. The van der Waals surface area contributed by atoms with Crippen LogP contribution in [0.5, 0.6) is 0 Å². The number of rotatable bonds is 4. The molecule has 0 spiro atoms. The van der Waals surface area contributed by atoms with Crippen LogP contribution in [0.2, 0.25) is 0 Å². The molecule has 2 aromatic heterocycles. The predicted octanol–water partition coefficient (Wildman–Crippen LogP) is 14.7. The Hall–Kier alpha value is -6.00. The highest BCUT2D eigenvalue weighted by Gasteiger charge is 2.39. The molecule has 11 rings (SSSR count). The molecule has 0 fully saturated rings. The summed E-state index contributed by atoms with van der Waals surface area (Å²) >= 11 is 0. The van der Waals surface area contributed by atoms with E-state index in [9.17, 15) is 0 Å². The topological polar surface area (TPSA) is 30.1 Å². The lowest BCUT2D eigenvalue weighted by atomic mass is 9.58. The molecule has 0 atom stereocenters. The number of anilines is 2. The van der Waals surface area contributed by atoms with E-state index in [1.807, 2.05) is 0 Å². The maximum Gasteiger partial charge on any atom is 0.198 e. The quantitative estimate of drug-likeness (QED) is 0.180. The first kappa shape index (κ1) is 38.9. The molecule has 7 aromatic carbocycles. The van der Waals surface area contributed by atoms with Crippen molar-refractivity contribution in [1.29, 1.82) is 0 Å². The molecule has 1 N–H and O–H groups in total. The molecule has 1 aliphatic heterocycles. The fourth-order valence-corrected chi connectivity index (χ4v) is 10.6. The predicted molar refractivity (Wildman–Crippen MR) is 266 cm³/mol. The van der Waals surface area contributed by atoms with Crippen molar-refractivity contribution in [2.45, 2.75) is 104 Å². The smallest absolute Gasteiger partial charge is 0.198 e. The molecule has 3 nitrogen and oxygen atoms in total. The summed E-state index contributed by atoms with van der Waals surface area (Å²) in [6.45, 7) is 23.5. The highest BCUT2D eigenvalue weighted by molar-refractivity contribution is 6.74. The summed E-state index contributed by atoms with van der Waals surface area (Å²) in [5.74, 6) is 0. The van der Waals surface area contributed by atoms with Gasteiger partial charge in [0, 0.05) is 49.7 Å². The molecule has 1 aliphatic carbocycles. The van der Waals surface area contributed by atoms with Gasteiger partial charge in [-0.1, -0.05) is 147 Å². The fraction of sp³-hybridized carbons (Fsp3) is 0.276. The third-order valence-corrected chi connectivity index (χ3v) is 14.4. The Balaban J connectivity index is 1.26. The second-order valence-corrected chi connectivity index (χ2v) is 21.6. The van der Waals surface area contributed by atoms with Crippen LogP contribution in [0.25, 0.3) is 71.7 Å². The molecule has 62 heavy (non-hydrogen) atoms. The van der Waals surface area contributed by atoms with Gasteiger partial charge in [0.1, 0.15) is 11.2 Å². The van der Waals surface area contributed by atoms with Gasteiger partial charge in [-0.15, -0.1) is 0 Å². The molecule has 0 bridgehead atoms. The van der Waals surface area contributed by atoms with Crippen molar-refractivity contribution < 1.29 is 4.42 Å². The Morgan fingerprint density at radius 3 is 1.90 bits per heavy atom. The summed E-state index contributed by atoms with van der Waals surface area (Å²) in [4.78, 5) is 0. The Labute approximate surface area is 367 Å². The minimum atomic E-state index is 0.0497. The third-order valence-electron chi connectivity index (χ3n) is 14.4. The van der Waals surface area contributed by atoms with Crippen LogP contribution in [0.3, 0.4) is 0 Å². The van der Waals surface area contributed by atoms with Gasteiger partial charge in [-0.05, 0) is 134 Å². The SMILES string of the molecule is CC(C)(C)c1ccc(Nc2ccccc2-c2cc(-c3ccc(C(C)(C)C)cc3)c3c4cc5c(cc4n4c3c2[B]c2cc3oc6ccccc6c3cc2-4)C(C)(C)CCC5(C)C)cc1. The van der Waals surface area contributed by atoms with E-state index in [0.717, 1.165) is 45.2 Å². The van der Waals surface area contributed by atoms with Crippen LogP contribution in [-0.4, -0.2) is 11.8 Å². The van der Waals surface area contributed by atoms with Crippen LogP contribution >= 0.6 is 0 Å². The van der Waals surface area contributed by atoms with Gasteiger partial charge in [0.15, 0.2) is 7.28 Å². The normalized spacial score (nSPS) is 15.5. The van der Waals surface area contributed by atoms with E-state index in [4.69, 9.17) is 4.42 Å². The van der Waals surface area contributed by atoms with Gasteiger partial charge >= 0.3 is 0 Å². The summed E-state index contributed by atoms with van der Waals surface area (Å²) in [5, 5.41) is 8.79. The largest absolute Gasteiger partial charge is 0.456 e. The monoisotopic (exact) mass is 807 g/mol. The van der Waals surface area contributed by atoms with E-state index in [-0.39, 0.29) is 21.7 Å². The fourth-order valence-electron chi connectivity index (χ4n) is 10.6. The lowest BCUT2D eigenvalue weighted by Gasteiger charge is -2.42. The number of furan rings is 1. The number of hydrogen-bond donors (Lipinski definition) is 1. The van der Waals surface area contributed by atoms with E-state index >= 15 is 0 Å². The summed E-state index contributed by atoms with van der Waals surface area (Å²) in [6, 6.07) is 48.0. The molecular weight excluding hydrogens is 751 g/mol. The van der Waals surface area contributed by atoms with E-state index in [0.29, 0.717) is 0 Å². The number of nitrogens with zero attached hydrogens (tertiary/aromatic N) is 1. The summed E-state index contributed by atoms with van der Waals surface area (Å²) in [6.07, 6.45) is 2.33. The molecule has 0 saturated heterocycles. The summed E-state index contributed by atoms with van der Waals surface area (Å²) < 4.78 is 9.19. The minimum absolute atomic E-state index is 0.0497. The number of para-hydroxylation sites is 2. The first-order valence-corrected chi connectivity index (χ1v) is 22.5. The maximum absolute atomic E-state index is 6.57. The molecule has 307 valence electrons. The van der Waals surface area contributed by atoms with Crippen LogP contribution in [-0.2, 0) is 21.7 Å². The maximum atomic E-state index is 6.57. The van der Waals surface area contributed by atoms with Crippen LogP contribution in [0.15, 0.2) is 132 Å². The second kappa shape index (κ2) is 13.3. The van der Waals surface area contributed by atoms with Crippen LogP contribution < -0.4 is 16.2 Å². The number of nitrogens with one attached hydrogen (secondary N) is 1. The first-order valence-electron chi connectivity index (χ1n) is 22.5. The lowest BCUT2D eigenvalue weighted by Crippen LogP contribution is -2.37. The molecule has 3 heterocycles. The van der Waals surface area contributed by atoms with Crippen molar-refractivity contribution >= 4 is 73.3 Å². The summed E-state index contributed by atoms with van der Waals surface area (Å²) in [5.41, 5.74) is 20.8. The van der Waals surface area contributed by atoms with Gasteiger partial charge in [0.25, 0.3) is 0 Å². The average Bonchev–Trinajstić information content (AvgIpc) is 3.77. The zero-order chi connectivity index (χ0) is 43.1. The number of hydrogen-bond acceptors (Lipinski definition) is 2. The Morgan fingerprint density at radius 1 is 0.581 bits per heavy atom. The lowest BCUT2D eigenvalue weighted by molar-refractivity contribution is 0.332. The Kier molecular flexibility index (Phi) is 8.32. The van der Waals surface area contributed by atoms with Crippen molar-refractivity contribution in [2.75, 3.05) is 5.32 Å². The van der Waals surface area contributed by atoms with Crippen molar-refractivity contribution in [3.05, 3.63) is 150 Å². The minimum Gasteiger partial charge on any atom is -0.456 e. The number of fused-ring (bicyclic) bond motifs is 9. The van der Waals surface area contributed by atoms with Gasteiger partial charge < -0.3 is 14.3 Å². The van der Waals surface area contributed by atoms with Crippen molar-refractivity contribution in [1.82, 2.24) is 4.57 Å². The highest BCUT2D eigenvalue weighted by atomic mass is 16.3. The van der Waals surface area contributed by atoms with Crippen LogP contribution in [0, 0.1) is 0 Å². The zero-order valence-corrected chi connectivity index (χ0v) is 38.0. The molecule has 0 unspecified atom stereocenters. The molecule has 1 radical (unpaired) electrons. The first-order chi connectivity index (χ1) is 29.5. The van der Waals surface area contributed by atoms with Crippen LogP contribution in [0.4, 0.5) is 11.4 Å². The van der Waals surface area contributed by atoms with E-state index in [1.54, 1.807) is 0 Å². The highest BCUT2D eigenvalue weighted by Crippen LogP contribution is 2.51. The van der Waals surface area contributed by atoms with Crippen molar-refractivity contribution in [3.8, 4) is 27.9 Å². The van der Waals surface area contributed by atoms with Gasteiger partial charge in [-0.2, -0.15) is 0 Å². The molecular formula is C58H56BN2O. The van der Waals surface area contributed by atoms with E-state index in [2.05, 4.69) is 214 Å². The van der Waals surface area contributed by atoms with E-state index < -0.39 is 0 Å².